The van der Waals surface area contributed by atoms with Crippen LogP contribution in [-0.2, 0) is 11.3 Å². The van der Waals surface area contributed by atoms with Gasteiger partial charge in [-0.3, -0.25) is 14.2 Å². The van der Waals surface area contributed by atoms with Crippen molar-refractivity contribution in [2.75, 3.05) is 7.11 Å². The van der Waals surface area contributed by atoms with Crippen molar-refractivity contribution in [2.45, 2.75) is 6.54 Å². The van der Waals surface area contributed by atoms with Crippen molar-refractivity contribution in [3.05, 3.63) is 105 Å². The van der Waals surface area contributed by atoms with E-state index >= 15 is 0 Å². The molecule has 0 saturated carbocycles. The molecule has 2 heterocycles. The second-order valence-corrected chi connectivity index (χ2v) is 8.54. The Morgan fingerprint density at radius 2 is 1.82 bits per heavy atom. The standard InChI is InChI=1S/C27H20ClN5O5/c1-37-27(36)38-26-21(14-29-25(35)17-9-7-16(8-10-17)24-30-15-31-32-24)23(34)20-12-11-18(28)13-22(20)33(26)19-5-3-2-4-6-19/h2-13,15H,14H2,1H3,(H,29,35)(H,30,31,32). The molecular formula is C27H20ClN5O5. The predicted molar refractivity (Wildman–Crippen MR) is 141 cm³/mol. The van der Waals surface area contributed by atoms with Gasteiger partial charge in [-0.15, -0.1) is 10.2 Å². The van der Waals surface area contributed by atoms with Crippen molar-refractivity contribution >= 4 is 34.6 Å². The molecule has 0 aliphatic heterocycles. The number of halogens is 1. The lowest BCUT2D eigenvalue weighted by atomic mass is 10.1. The third kappa shape index (κ3) is 4.84. The van der Waals surface area contributed by atoms with Gasteiger partial charge in [-0.25, -0.2) is 4.79 Å². The summed E-state index contributed by atoms with van der Waals surface area (Å²) in [5.74, 6) is 0.0445. The number of para-hydroxylation sites is 1. The van der Waals surface area contributed by atoms with Crippen LogP contribution in [-0.4, -0.2) is 38.9 Å². The van der Waals surface area contributed by atoms with Crippen LogP contribution in [0.3, 0.4) is 0 Å². The van der Waals surface area contributed by atoms with Crippen molar-refractivity contribution in [2.24, 2.45) is 0 Å². The topological polar surface area (TPSA) is 128 Å². The number of benzene rings is 3. The second kappa shape index (κ2) is 10.6. The number of hydrogen-bond donors (Lipinski definition) is 2. The molecule has 11 heteroatoms. The molecular weight excluding hydrogens is 510 g/mol. The van der Waals surface area contributed by atoms with Gasteiger partial charge in [0.15, 0.2) is 11.3 Å². The summed E-state index contributed by atoms with van der Waals surface area (Å²) in [6, 6.07) is 20.5. The Hall–Kier alpha value is -4.96. The number of nitrogens with zero attached hydrogens (tertiary/aromatic N) is 3. The van der Waals surface area contributed by atoms with Gasteiger partial charge in [0.05, 0.1) is 24.7 Å². The Labute approximate surface area is 220 Å². The fourth-order valence-corrected chi connectivity index (χ4v) is 4.17. The fourth-order valence-electron chi connectivity index (χ4n) is 4.00. The monoisotopic (exact) mass is 529 g/mol. The highest BCUT2D eigenvalue weighted by Gasteiger charge is 2.23. The summed E-state index contributed by atoms with van der Waals surface area (Å²) in [6.45, 7) is -0.223. The first-order valence-corrected chi connectivity index (χ1v) is 11.8. The maximum absolute atomic E-state index is 13.6. The van der Waals surface area contributed by atoms with Gasteiger partial charge in [0, 0.05) is 27.2 Å². The van der Waals surface area contributed by atoms with Gasteiger partial charge in [0.2, 0.25) is 5.88 Å². The summed E-state index contributed by atoms with van der Waals surface area (Å²) in [6.07, 6.45) is 0.440. The molecule has 38 heavy (non-hydrogen) atoms. The molecule has 5 aromatic rings. The zero-order valence-corrected chi connectivity index (χ0v) is 20.7. The van der Waals surface area contributed by atoms with Crippen molar-refractivity contribution < 1.29 is 19.1 Å². The molecule has 0 radical (unpaired) electrons. The minimum Gasteiger partial charge on any atom is -0.437 e. The quantitative estimate of drug-likeness (QED) is 0.310. The van der Waals surface area contributed by atoms with E-state index in [1.165, 1.54) is 6.33 Å². The molecule has 3 aromatic carbocycles. The van der Waals surface area contributed by atoms with Crippen LogP contribution in [0.5, 0.6) is 5.88 Å². The van der Waals surface area contributed by atoms with E-state index < -0.39 is 17.5 Å². The Kier molecular flexibility index (Phi) is 6.88. The third-order valence-electron chi connectivity index (χ3n) is 5.80. The lowest BCUT2D eigenvalue weighted by molar-refractivity contribution is 0.0950. The first kappa shape index (κ1) is 24.7. The molecule has 0 bridgehead atoms. The first-order valence-electron chi connectivity index (χ1n) is 11.4. The number of fused-ring (bicyclic) bond motifs is 1. The van der Waals surface area contributed by atoms with Gasteiger partial charge in [0.1, 0.15) is 6.33 Å². The summed E-state index contributed by atoms with van der Waals surface area (Å²) in [4.78, 5) is 41.7. The van der Waals surface area contributed by atoms with E-state index in [9.17, 15) is 14.4 Å². The van der Waals surface area contributed by atoms with Crippen molar-refractivity contribution in [1.29, 1.82) is 0 Å². The number of aromatic amines is 1. The maximum atomic E-state index is 13.6. The molecule has 0 unspecified atom stereocenters. The van der Waals surface area contributed by atoms with Gasteiger partial charge in [-0.1, -0.05) is 41.9 Å². The molecule has 2 N–H and O–H groups in total. The largest absolute Gasteiger partial charge is 0.514 e. The van der Waals surface area contributed by atoms with E-state index in [1.54, 1.807) is 71.3 Å². The average Bonchev–Trinajstić information content (AvgIpc) is 3.48. The van der Waals surface area contributed by atoms with Gasteiger partial charge in [-0.2, -0.15) is 0 Å². The normalized spacial score (nSPS) is 10.8. The van der Waals surface area contributed by atoms with Crippen LogP contribution in [0, 0.1) is 0 Å². The molecule has 0 saturated heterocycles. The van der Waals surface area contributed by atoms with Crippen LogP contribution < -0.4 is 15.5 Å². The van der Waals surface area contributed by atoms with Crippen LogP contribution in [0.2, 0.25) is 5.02 Å². The number of ether oxygens (including phenoxy) is 2. The van der Waals surface area contributed by atoms with Crippen LogP contribution in [0.15, 0.2) is 83.9 Å². The SMILES string of the molecule is COC(=O)Oc1c(CNC(=O)c2ccc(-c3nnc[nH]3)cc2)c(=O)c2ccc(Cl)cc2n1-c1ccccc1. The summed E-state index contributed by atoms with van der Waals surface area (Å²) in [5, 5.41) is 11.2. The molecule has 0 aliphatic carbocycles. The van der Waals surface area contributed by atoms with E-state index in [2.05, 4.69) is 20.5 Å². The Morgan fingerprint density at radius 3 is 2.50 bits per heavy atom. The van der Waals surface area contributed by atoms with E-state index in [1.807, 2.05) is 6.07 Å². The molecule has 0 fully saturated rings. The van der Waals surface area contributed by atoms with Crippen LogP contribution >= 0.6 is 11.6 Å². The number of H-pyrrole nitrogens is 1. The van der Waals surface area contributed by atoms with E-state index in [0.29, 0.717) is 33.0 Å². The number of amides is 1. The zero-order chi connectivity index (χ0) is 26.6. The second-order valence-electron chi connectivity index (χ2n) is 8.10. The summed E-state index contributed by atoms with van der Waals surface area (Å²) >= 11 is 6.26. The number of aromatic nitrogens is 4. The van der Waals surface area contributed by atoms with Crippen molar-refractivity contribution in [3.63, 3.8) is 0 Å². The van der Waals surface area contributed by atoms with Gasteiger partial charge in [-0.05, 0) is 42.5 Å². The molecule has 0 atom stereocenters. The summed E-state index contributed by atoms with van der Waals surface area (Å²) < 4.78 is 11.8. The van der Waals surface area contributed by atoms with Crippen LogP contribution in [0.1, 0.15) is 15.9 Å². The Morgan fingerprint density at radius 1 is 1.05 bits per heavy atom. The number of carbonyl (C=O) groups is 2. The number of carbonyl (C=O) groups excluding carboxylic acids is 2. The van der Waals surface area contributed by atoms with Crippen molar-refractivity contribution in [3.8, 4) is 23.0 Å². The molecule has 190 valence electrons. The number of hydrogen-bond acceptors (Lipinski definition) is 7. The molecule has 2 aromatic heterocycles. The highest BCUT2D eigenvalue weighted by molar-refractivity contribution is 6.31. The van der Waals surface area contributed by atoms with Crippen LogP contribution in [0.4, 0.5) is 4.79 Å². The zero-order valence-electron chi connectivity index (χ0n) is 20.0. The predicted octanol–water partition coefficient (Wildman–Crippen LogP) is 4.50. The third-order valence-corrected chi connectivity index (χ3v) is 6.04. The van der Waals surface area contributed by atoms with Crippen molar-refractivity contribution in [1.82, 2.24) is 25.1 Å². The Bertz CT molecular complexity index is 1680. The van der Waals surface area contributed by atoms with Gasteiger partial charge in [0.25, 0.3) is 5.91 Å². The summed E-state index contributed by atoms with van der Waals surface area (Å²) in [5.41, 5.74) is 1.77. The maximum Gasteiger partial charge on any atom is 0.514 e. The minimum atomic E-state index is -1.02. The van der Waals surface area contributed by atoms with Gasteiger partial charge < -0.3 is 19.8 Å². The molecule has 1 amide bonds. The first-order chi connectivity index (χ1) is 18.5. The lowest BCUT2D eigenvalue weighted by Crippen LogP contribution is -2.29. The number of nitrogens with one attached hydrogen (secondary N) is 2. The molecule has 0 spiro atoms. The lowest BCUT2D eigenvalue weighted by Gasteiger charge is -2.20. The molecule has 10 nitrogen and oxygen atoms in total. The number of pyridine rings is 1. The average molecular weight is 530 g/mol. The van der Waals surface area contributed by atoms with E-state index in [0.717, 1.165) is 12.7 Å². The van der Waals surface area contributed by atoms with Crippen LogP contribution in [0.25, 0.3) is 28.0 Å². The van der Waals surface area contributed by atoms with Gasteiger partial charge >= 0.3 is 6.16 Å². The highest BCUT2D eigenvalue weighted by atomic mass is 35.5. The Balaban J connectivity index is 1.57. The molecule has 0 aliphatic rings. The summed E-state index contributed by atoms with van der Waals surface area (Å²) in [7, 11) is 1.16. The number of rotatable bonds is 6. The van der Waals surface area contributed by atoms with E-state index in [-0.39, 0.29) is 18.0 Å². The highest BCUT2D eigenvalue weighted by Crippen LogP contribution is 2.29. The number of methoxy groups -OCH3 is 1. The minimum absolute atomic E-state index is 0.0562. The molecule has 5 rings (SSSR count). The smallest absolute Gasteiger partial charge is 0.437 e. The van der Waals surface area contributed by atoms with E-state index in [4.69, 9.17) is 21.1 Å². The fraction of sp³-hybridized carbons (Fsp3) is 0.0741.